The summed E-state index contributed by atoms with van der Waals surface area (Å²) in [6, 6.07) is 9.76. The van der Waals surface area contributed by atoms with Crippen molar-refractivity contribution in [1.82, 2.24) is 5.43 Å². The summed E-state index contributed by atoms with van der Waals surface area (Å²) in [6.07, 6.45) is 2.93. The number of rotatable bonds is 3. The first kappa shape index (κ1) is 12.2. The van der Waals surface area contributed by atoms with E-state index in [9.17, 15) is 4.79 Å². The van der Waals surface area contributed by atoms with E-state index >= 15 is 0 Å². The van der Waals surface area contributed by atoms with Crippen LogP contribution in [-0.4, -0.2) is 12.2 Å². The van der Waals surface area contributed by atoms with Crippen molar-refractivity contribution in [3.8, 4) is 0 Å². The van der Waals surface area contributed by atoms with E-state index in [0.717, 1.165) is 0 Å². The second-order valence-corrected chi connectivity index (χ2v) is 3.78. The lowest BCUT2D eigenvalue weighted by molar-refractivity contribution is 0.252. The van der Waals surface area contributed by atoms with E-state index in [-0.39, 0.29) is 0 Å². The highest BCUT2D eigenvalue weighted by molar-refractivity contribution is 6.30. The van der Waals surface area contributed by atoms with Crippen molar-refractivity contribution in [2.75, 3.05) is 5.32 Å². The van der Waals surface area contributed by atoms with Gasteiger partial charge in [-0.2, -0.15) is 5.10 Å². The van der Waals surface area contributed by atoms with Crippen LogP contribution in [0.1, 0.15) is 5.76 Å². The number of hydrogen-bond donors (Lipinski definition) is 2. The van der Waals surface area contributed by atoms with E-state index in [2.05, 4.69) is 15.8 Å². The molecule has 1 aromatic carbocycles. The zero-order valence-corrected chi connectivity index (χ0v) is 10.0. The van der Waals surface area contributed by atoms with Gasteiger partial charge in [0.2, 0.25) is 0 Å². The molecule has 0 spiro atoms. The van der Waals surface area contributed by atoms with Crippen LogP contribution in [0.3, 0.4) is 0 Å². The molecule has 0 fully saturated rings. The number of carbonyl (C=O) groups is 1. The van der Waals surface area contributed by atoms with Crippen LogP contribution in [0.4, 0.5) is 10.5 Å². The predicted octanol–water partition coefficient (Wildman–Crippen LogP) is 3.09. The lowest BCUT2D eigenvalue weighted by atomic mass is 10.3. The van der Waals surface area contributed by atoms with Crippen molar-refractivity contribution in [2.24, 2.45) is 5.10 Å². The molecular weight excluding hydrogens is 254 g/mol. The summed E-state index contributed by atoms with van der Waals surface area (Å²) >= 11 is 5.73. The second-order valence-electron chi connectivity index (χ2n) is 3.35. The number of nitrogens with zero attached hydrogens (tertiary/aromatic N) is 1. The van der Waals surface area contributed by atoms with E-state index in [1.807, 2.05) is 0 Å². The fraction of sp³-hybridized carbons (Fsp3) is 0. The number of furan rings is 1. The highest BCUT2D eigenvalue weighted by Crippen LogP contribution is 2.12. The minimum atomic E-state index is -0.444. The smallest absolute Gasteiger partial charge is 0.339 e. The first-order chi connectivity index (χ1) is 8.74. The number of amides is 2. The molecule has 6 heteroatoms. The molecule has 18 heavy (non-hydrogen) atoms. The van der Waals surface area contributed by atoms with Gasteiger partial charge in [0.05, 0.1) is 12.5 Å². The molecule has 2 rings (SSSR count). The molecule has 0 unspecified atom stereocenters. The van der Waals surface area contributed by atoms with Crippen LogP contribution in [0, 0.1) is 0 Å². The van der Waals surface area contributed by atoms with Crippen LogP contribution in [-0.2, 0) is 0 Å². The van der Waals surface area contributed by atoms with Gasteiger partial charge in [-0.15, -0.1) is 0 Å². The zero-order chi connectivity index (χ0) is 12.8. The largest absolute Gasteiger partial charge is 0.463 e. The monoisotopic (exact) mass is 263 g/mol. The quantitative estimate of drug-likeness (QED) is 0.660. The van der Waals surface area contributed by atoms with Crippen LogP contribution < -0.4 is 10.7 Å². The van der Waals surface area contributed by atoms with E-state index in [1.54, 1.807) is 36.4 Å². The molecule has 0 radical (unpaired) electrons. The van der Waals surface area contributed by atoms with Crippen molar-refractivity contribution in [3.63, 3.8) is 0 Å². The lowest BCUT2D eigenvalue weighted by Crippen LogP contribution is -2.24. The average Bonchev–Trinajstić information content (AvgIpc) is 2.85. The Morgan fingerprint density at radius 2 is 2.06 bits per heavy atom. The summed E-state index contributed by atoms with van der Waals surface area (Å²) in [4.78, 5) is 11.4. The third-order valence-corrected chi connectivity index (χ3v) is 2.26. The molecule has 2 aromatic rings. The Hall–Kier alpha value is -2.27. The lowest BCUT2D eigenvalue weighted by Gasteiger charge is -2.03. The Labute approximate surface area is 108 Å². The van der Waals surface area contributed by atoms with Gasteiger partial charge in [0.15, 0.2) is 0 Å². The van der Waals surface area contributed by atoms with Gasteiger partial charge in [-0.3, -0.25) is 0 Å². The SMILES string of the molecule is O=C(N/N=C\c1ccco1)Nc1ccc(Cl)cc1. The van der Waals surface area contributed by atoms with E-state index < -0.39 is 6.03 Å². The summed E-state index contributed by atoms with van der Waals surface area (Å²) in [5.74, 6) is 0.557. The molecule has 92 valence electrons. The minimum absolute atomic E-state index is 0.444. The number of hydrazone groups is 1. The molecule has 0 saturated carbocycles. The van der Waals surface area contributed by atoms with Gasteiger partial charge in [-0.05, 0) is 36.4 Å². The van der Waals surface area contributed by atoms with Crippen molar-refractivity contribution >= 4 is 29.5 Å². The molecule has 1 aromatic heterocycles. The van der Waals surface area contributed by atoms with Crippen LogP contribution in [0.15, 0.2) is 52.2 Å². The summed E-state index contributed by atoms with van der Waals surface area (Å²) in [5, 5.41) is 6.92. The number of nitrogens with one attached hydrogen (secondary N) is 2. The Morgan fingerprint density at radius 1 is 1.28 bits per heavy atom. The Morgan fingerprint density at radius 3 is 2.72 bits per heavy atom. The molecule has 0 atom stereocenters. The molecule has 1 heterocycles. The maximum absolute atomic E-state index is 11.4. The van der Waals surface area contributed by atoms with E-state index in [0.29, 0.717) is 16.5 Å². The normalized spacial score (nSPS) is 10.5. The van der Waals surface area contributed by atoms with Gasteiger partial charge in [0.25, 0.3) is 0 Å². The maximum Gasteiger partial charge on any atom is 0.339 e. The standard InChI is InChI=1S/C12H10ClN3O2/c13-9-3-5-10(6-4-9)15-12(17)16-14-8-11-2-1-7-18-11/h1-8H,(H2,15,16,17)/b14-8-. The zero-order valence-electron chi connectivity index (χ0n) is 9.26. The molecule has 2 N–H and O–H groups in total. The van der Waals surface area contributed by atoms with Gasteiger partial charge < -0.3 is 9.73 Å². The third-order valence-electron chi connectivity index (χ3n) is 2.00. The highest BCUT2D eigenvalue weighted by Gasteiger charge is 1.99. The Balaban J connectivity index is 1.84. The molecule has 0 aliphatic carbocycles. The highest BCUT2D eigenvalue weighted by atomic mass is 35.5. The number of hydrogen-bond acceptors (Lipinski definition) is 3. The molecule has 0 bridgehead atoms. The number of urea groups is 1. The maximum atomic E-state index is 11.4. The van der Waals surface area contributed by atoms with Crippen molar-refractivity contribution in [3.05, 3.63) is 53.4 Å². The van der Waals surface area contributed by atoms with Crippen LogP contribution in [0.5, 0.6) is 0 Å². The van der Waals surface area contributed by atoms with Crippen molar-refractivity contribution in [1.29, 1.82) is 0 Å². The van der Waals surface area contributed by atoms with Crippen molar-refractivity contribution < 1.29 is 9.21 Å². The van der Waals surface area contributed by atoms with Gasteiger partial charge in [-0.1, -0.05) is 11.6 Å². The summed E-state index contributed by atoms with van der Waals surface area (Å²) in [7, 11) is 0. The number of carbonyl (C=O) groups excluding carboxylic acids is 1. The van der Waals surface area contributed by atoms with Gasteiger partial charge in [0, 0.05) is 10.7 Å². The molecule has 0 aliphatic rings. The average molecular weight is 264 g/mol. The number of anilines is 1. The first-order valence-electron chi connectivity index (χ1n) is 5.13. The van der Waals surface area contributed by atoms with Crippen LogP contribution in [0.2, 0.25) is 5.02 Å². The number of halogens is 1. The van der Waals surface area contributed by atoms with Gasteiger partial charge >= 0.3 is 6.03 Å². The minimum Gasteiger partial charge on any atom is -0.463 e. The fourth-order valence-electron chi connectivity index (χ4n) is 1.21. The van der Waals surface area contributed by atoms with Crippen LogP contribution >= 0.6 is 11.6 Å². The third kappa shape index (κ3) is 3.64. The summed E-state index contributed by atoms with van der Waals surface area (Å²) in [5.41, 5.74) is 2.94. The van der Waals surface area contributed by atoms with Crippen LogP contribution in [0.25, 0.3) is 0 Å². The van der Waals surface area contributed by atoms with Gasteiger partial charge in [-0.25, -0.2) is 10.2 Å². The molecule has 0 saturated heterocycles. The number of benzene rings is 1. The topological polar surface area (TPSA) is 66.6 Å². The van der Waals surface area contributed by atoms with Crippen molar-refractivity contribution in [2.45, 2.75) is 0 Å². The molecule has 0 aliphatic heterocycles. The Kier molecular flexibility index (Phi) is 3.98. The molecular formula is C12H10ClN3O2. The predicted molar refractivity (Wildman–Crippen MR) is 69.9 cm³/mol. The van der Waals surface area contributed by atoms with Gasteiger partial charge in [0.1, 0.15) is 5.76 Å². The van der Waals surface area contributed by atoms with E-state index in [4.69, 9.17) is 16.0 Å². The van der Waals surface area contributed by atoms with E-state index in [1.165, 1.54) is 12.5 Å². The summed E-state index contributed by atoms with van der Waals surface area (Å²) < 4.78 is 5.01. The summed E-state index contributed by atoms with van der Waals surface area (Å²) in [6.45, 7) is 0. The fourth-order valence-corrected chi connectivity index (χ4v) is 1.34. The Bertz CT molecular complexity index is 535. The first-order valence-corrected chi connectivity index (χ1v) is 5.51. The molecule has 5 nitrogen and oxygen atoms in total. The molecule has 2 amide bonds. The second kappa shape index (κ2) is 5.88.